The summed E-state index contributed by atoms with van der Waals surface area (Å²) in [5.74, 6) is -2.23. The first-order valence-corrected chi connectivity index (χ1v) is 10.2. The van der Waals surface area contributed by atoms with Gasteiger partial charge >= 0.3 is 12.1 Å². The molecular weight excluding hydrogens is 463 g/mol. The minimum atomic E-state index is -4.52. The Bertz CT molecular complexity index is 899. The minimum Gasteiger partial charge on any atom is -0.468 e. The van der Waals surface area contributed by atoms with Crippen LogP contribution >= 0.6 is 15.9 Å². The summed E-state index contributed by atoms with van der Waals surface area (Å²) in [5.41, 5.74) is 0.723. The van der Waals surface area contributed by atoms with Crippen molar-refractivity contribution in [2.45, 2.75) is 32.4 Å². The molecule has 0 heterocycles. The molecule has 8 heteroatoms. The number of alkyl halides is 3. The van der Waals surface area contributed by atoms with Crippen molar-refractivity contribution in [3.63, 3.8) is 0 Å². The van der Waals surface area contributed by atoms with Crippen molar-refractivity contribution >= 4 is 33.4 Å². The molecule has 30 heavy (non-hydrogen) atoms. The maximum Gasteiger partial charge on any atom is 0.416 e. The van der Waals surface area contributed by atoms with Gasteiger partial charge in [0.15, 0.2) is 5.78 Å². The van der Waals surface area contributed by atoms with Gasteiger partial charge in [-0.15, -0.1) is 0 Å². The number of Topliss-reactive ketones (excluding diaryl/α,β-unsaturated/α-hetero) is 1. The van der Waals surface area contributed by atoms with Crippen molar-refractivity contribution in [2.24, 2.45) is 5.92 Å². The van der Waals surface area contributed by atoms with Crippen LogP contribution in [0.2, 0.25) is 0 Å². The Morgan fingerprint density at radius 1 is 1.13 bits per heavy atom. The SMILES string of the molecule is CCNc1ccc(C(F)(F)F)cc1CC(=O)C(CCc1ccccc1Br)C(=O)OC. The van der Waals surface area contributed by atoms with Gasteiger partial charge in [0, 0.05) is 23.1 Å². The molecule has 0 aliphatic heterocycles. The highest BCUT2D eigenvalue weighted by atomic mass is 79.9. The lowest BCUT2D eigenvalue weighted by Gasteiger charge is -2.17. The number of aryl methyl sites for hydroxylation is 1. The molecule has 0 amide bonds. The molecule has 4 nitrogen and oxygen atoms in total. The van der Waals surface area contributed by atoms with E-state index in [-0.39, 0.29) is 18.4 Å². The van der Waals surface area contributed by atoms with Crippen LogP contribution in [0.1, 0.15) is 30.0 Å². The molecule has 0 radical (unpaired) electrons. The summed E-state index contributed by atoms with van der Waals surface area (Å²) in [4.78, 5) is 25.2. The van der Waals surface area contributed by atoms with Crippen molar-refractivity contribution in [3.8, 4) is 0 Å². The Balaban J connectivity index is 2.26. The fourth-order valence-corrected chi connectivity index (χ4v) is 3.63. The molecule has 0 spiro atoms. The minimum absolute atomic E-state index is 0.198. The highest BCUT2D eigenvalue weighted by molar-refractivity contribution is 9.10. The summed E-state index contributed by atoms with van der Waals surface area (Å²) in [6, 6.07) is 10.7. The molecular formula is C22H23BrF3NO3. The molecule has 2 aromatic rings. The zero-order valence-electron chi connectivity index (χ0n) is 16.7. The molecule has 2 aromatic carbocycles. The average Bonchev–Trinajstić information content (AvgIpc) is 2.69. The maximum atomic E-state index is 13.1. The number of nitrogens with one attached hydrogen (secondary N) is 1. The monoisotopic (exact) mass is 485 g/mol. The molecule has 1 unspecified atom stereocenters. The number of halogens is 4. The normalized spacial score (nSPS) is 12.3. The van der Waals surface area contributed by atoms with Crippen molar-refractivity contribution in [3.05, 3.63) is 63.6 Å². The third-order valence-corrected chi connectivity index (χ3v) is 5.47. The summed E-state index contributed by atoms with van der Waals surface area (Å²) >= 11 is 3.43. The van der Waals surface area contributed by atoms with Gasteiger partial charge in [0.2, 0.25) is 0 Å². The summed E-state index contributed by atoms with van der Waals surface area (Å²) in [6.45, 7) is 2.28. The second-order valence-corrected chi connectivity index (χ2v) is 7.60. The lowest BCUT2D eigenvalue weighted by molar-refractivity contribution is -0.149. The van der Waals surface area contributed by atoms with Gasteiger partial charge in [-0.3, -0.25) is 9.59 Å². The van der Waals surface area contributed by atoms with Crippen molar-refractivity contribution in [1.82, 2.24) is 0 Å². The van der Waals surface area contributed by atoms with E-state index in [1.165, 1.54) is 13.2 Å². The highest BCUT2D eigenvalue weighted by Gasteiger charge is 2.32. The van der Waals surface area contributed by atoms with Crippen molar-refractivity contribution in [2.75, 3.05) is 19.0 Å². The van der Waals surface area contributed by atoms with Crippen molar-refractivity contribution in [1.29, 1.82) is 0 Å². The van der Waals surface area contributed by atoms with Crippen LogP contribution in [-0.4, -0.2) is 25.4 Å². The average molecular weight is 486 g/mol. The molecule has 0 saturated heterocycles. The first-order valence-electron chi connectivity index (χ1n) is 9.45. The van der Waals surface area contributed by atoms with Crippen LogP contribution < -0.4 is 5.32 Å². The quantitative estimate of drug-likeness (QED) is 0.379. The van der Waals surface area contributed by atoms with E-state index in [4.69, 9.17) is 4.74 Å². The smallest absolute Gasteiger partial charge is 0.416 e. The molecule has 0 aliphatic rings. The predicted molar refractivity (Wildman–Crippen MR) is 112 cm³/mol. The topological polar surface area (TPSA) is 55.4 Å². The number of esters is 1. The van der Waals surface area contributed by atoms with Gasteiger partial charge < -0.3 is 10.1 Å². The van der Waals surface area contributed by atoms with Gasteiger partial charge in [-0.2, -0.15) is 13.2 Å². The second-order valence-electron chi connectivity index (χ2n) is 6.75. The van der Waals surface area contributed by atoms with Crippen LogP contribution in [-0.2, 0) is 33.3 Å². The standard InChI is InChI=1S/C22H23BrF3NO3/c1-3-27-19-11-9-16(22(24,25)26)12-15(19)13-20(28)17(21(29)30-2)10-8-14-6-4-5-7-18(14)23/h4-7,9,11-12,17,27H,3,8,10,13H2,1-2H3. The first-order chi connectivity index (χ1) is 14.2. The number of ether oxygens (including phenoxy) is 1. The Labute approximate surface area is 181 Å². The molecule has 2 rings (SSSR count). The van der Waals surface area contributed by atoms with Crippen LogP contribution in [0.3, 0.4) is 0 Å². The highest BCUT2D eigenvalue weighted by Crippen LogP contribution is 2.32. The number of carbonyl (C=O) groups is 2. The van der Waals surface area contributed by atoms with Crippen LogP contribution in [0, 0.1) is 5.92 Å². The van der Waals surface area contributed by atoms with Gasteiger partial charge in [-0.1, -0.05) is 34.1 Å². The van der Waals surface area contributed by atoms with E-state index < -0.39 is 29.4 Å². The Morgan fingerprint density at radius 3 is 2.43 bits per heavy atom. The predicted octanol–water partition coefficient (Wildman–Crippen LogP) is 5.43. The third-order valence-electron chi connectivity index (χ3n) is 4.70. The van der Waals surface area contributed by atoms with E-state index in [1.54, 1.807) is 6.92 Å². The Kier molecular flexibility index (Phi) is 8.46. The molecule has 0 bridgehead atoms. The molecule has 162 valence electrons. The van der Waals surface area contributed by atoms with Gasteiger partial charge in [0.25, 0.3) is 0 Å². The van der Waals surface area contributed by atoms with Gasteiger partial charge in [-0.25, -0.2) is 0 Å². The van der Waals surface area contributed by atoms with E-state index in [1.807, 2.05) is 24.3 Å². The van der Waals surface area contributed by atoms with E-state index >= 15 is 0 Å². The number of hydrogen-bond acceptors (Lipinski definition) is 4. The first kappa shape index (κ1) is 23.9. The van der Waals surface area contributed by atoms with Crippen LogP contribution in [0.15, 0.2) is 46.9 Å². The summed E-state index contributed by atoms with van der Waals surface area (Å²) in [7, 11) is 1.19. The van der Waals surface area contributed by atoms with Crippen molar-refractivity contribution < 1.29 is 27.5 Å². The van der Waals surface area contributed by atoms with Gasteiger partial charge in [0.05, 0.1) is 12.7 Å². The number of ketones is 1. The fourth-order valence-electron chi connectivity index (χ4n) is 3.14. The lowest BCUT2D eigenvalue weighted by atomic mass is 9.91. The van der Waals surface area contributed by atoms with E-state index in [0.717, 1.165) is 22.2 Å². The van der Waals surface area contributed by atoms with E-state index in [9.17, 15) is 22.8 Å². The molecule has 0 aliphatic carbocycles. The molecule has 0 aromatic heterocycles. The summed E-state index contributed by atoms with van der Waals surface area (Å²) in [6.07, 6.45) is -4.19. The lowest BCUT2D eigenvalue weighted by Crippen LogP contribution is -2.28. The largest absolute Gasteiger partial charge is 0.468 e. The van der Waals surface area contributed by atoms with E-state index in [2.05, 4.69) is 21.2 Å². The number of hydrogen-bond donors (Lipinski definition) is 1. The van der Waals surface area contributed by atoms with Crippen LogP contribution in [0.25, 0.3) is 0 Å². The molecule has 1 N–H and O–H groups in total. The maximum absolute atomic E-state index is 13.1. The number of benzene rings is 2. The van der Waals surface area contributed by atoms with Gasteiger partial charge in [-0.05, 0) is 55.2 Å². The number of carbonyl (C=O) groups excluding carboxylic acids is 2. The molecule has 0 saturated carbocycles. The van der Waals surface area contributed by atoms with Crippen LogP contribution in [0.4, 0.5) is 18.9 Å². The molecule has 1 atom stereocenters. The number of methoxy groups -OCH3 is 1. The number of rotatable bonds is 9. The van der Waals surface area contributed by atoms with E-state index in [0.29, 0.717) is 18.7 Å². The Morgan fingerprint density at radius 2 is 1.83 bits per heavy atom. The van der Waals surface area contributed by atoms with Crippen LogP contribution in [0.5, 0.6) is 0 Å². The zero-order valence-corrected chi connectivity index (χ0v) is 18.3. The van der Waals surface area contributed by atoms with Gasteiger partial charge in [0.1, 0.15) is 5.92 Å². The fraction of sp³-hybridized carbons (Fsp3) is 0.364. The Hall–Kier alpha value is -2.35. The number of anilines is 1. The second kappa shape index (κ2) is 10.6. The summed E-state index contributed by atoms with van der Waals surface area (Å²) in [5, 5.41) is 2.97. The molecule has 0 fully saturated rings. The summed E-state index contributed by atoms with van der Waals surface area (Å²) < 4.78 is 45.0. The third kappa shape index (κ3) is 6.32. The zero-order chi connectivity index (χ0) is 22.3.